The first kappa shape index (κ1) is 15.7. The Bertz CT molecular complexity index is 765. The first-order chi connectivity index (χ1) is 9.81. The Labute approximate surface area is 127 Å². The van der Waals surface area contributed by atoms with Crippen molar-refractivity contribution in [1.82, 2.24) is 4.72 Å². The van der Waals surface area contributed by atoms with Crippen molar-refractivity contribution in [2.75, 3.05) is 0 Å². The highest BCUT2D eigenvalue weighted by molar-refractivity contribution is 7.91. The number of hydrogen-bond acceptors (Lipinski definition) is 4. The third-order valence-electron chi connectivity index (χ3n) is 3.07. The Kier molecular flexibility index (Phi) is 4.46. The zero-order valence-corrected chi connectivity index (χ0v) is 13.2. The van der Waals surface area contributed by atoms with Crippen LogP contribution in [0.4, 0.5) is 0 Å². The zero-order valence-electron chi connectivity index (χ0n) is 11.5. The van der Waals surface area contributed by atoms with Crippen LogP contribution in [0.5, 0.6) is 0 Å². The molecule has 0 spiro atoms. The van der Waals surface area contributed by atoms with E-state index in [1.165, 1.54) is 11.4 Å². The molecule has 1 atom stereocenters. The van der Waals surface area contributed by atoms with Crippen LogP contribution < -0.4 is 4.72 Å². The fraction of sp³-hybridized carbons (Fsp3) is 0.214. The summed E-state index contributed by atoms with van der Waals surface area (Å²) in [5.74, 6) is -1.14. The number of aromatic carboxylic acids is 1. The monoisotopic (exact) mass is 325 g/mol. The molecule has 0 unspecified atom stereocenters. The molecular formula is C14H15NO4S2. The first-order valence-corrected chi connectivity index (χ1v) is 8.57. The number of benzene rings is 1. The summed E-state index contributed by atoms with van der Waals surface area (Å²) in [6.45, 7) is 3.67. The number of rotatable bonds is 5. The van der Waals surface area contributed by atoms with Gasteiger partial charge in [-0.3, -0.25) is 0 Å². The van der Waals surface area contributed by atoms with Gasteiger partial charge >= 0.3 is 5.97 Å². The normalized spacial score (nSPS) is 13.0. The second-order valence-corrected chi connectivity index (χ2v) is 7.51. The number of nitrogens with one attached hydrogen (secondary N) is 1. The van der Waals surface area contributed by atoms with Crippen LogP contribution >= 0.6 is 11.3 Å². The van der Waals surface area contributed by atoms with Crippen molar-refractivity contribution in [3.05, 3.63) is 52.4 Å². The molecule has 0 aliphatic heterocycles. The molecule has 0 bridgehead atoms. The third kappa shape index (κ3) is 3.49. The Morgan fingerprint density at radius 2 is 2.00 bits per heavy atom. The van der Waals surface area contributed by atoms with E-state index in [0.717, 1.165) is 22.5 Å². The molecule has 2 aromatic rings. The Hall–Kier alpha value is -1.70. The molecule has 0 aliphatic carbocycles. The van der Waals surface area contributed by atoms with Gasteiger partial charge in [-0.15, -0.1) is 11.3 Å². The fourth-order valence-electron chi connectivity index (χ4n) is 2.00. The predicted molar refractivity (Wildman–Crippen MR) is 81.2 cm³/mol. The van der Waals surface area contributed by atoms with Crippen molar-refractivity contribution in [2.45, 2.75) is 24.1 Å². The van der Waals surface area contributed by atoms with Crippen molar-refractivity contribution >= 4 is 27.3 Å². The molecule has 1 heterocycles. The van der Waals surface area contributed by atoms with E-state index in [9.17, 15) is 13.2 Å². The van der Waals surface area contributed by atoms with E-state index >= 15 is 0 Å². The van der Waals surface area contributed by atoms with Crippen LogP contribution in [-0.2, 0) is 10.0 Å². The summed E-state index contributed by atoms with van der Waals surface area (Å²) in [6, 6.07) is 8.28. The van der Waals surface area contributed by atoms with Crippen LogP contribution in [0, 0.1) is 6.92 Å². The lowest BCUT2D eigenvalue weighted by atomic mass is 10.0. The van der Waals surface area contributed by atoms with Crippen molar-refractivity contribution in [3.63, 3.8) is 0 Å². The lowest BCUT2D eigenvalue weighted by Crippen LogP contribution is -2.26. The summed E-state index contributed by atoms with van der Waals surface area (Å²) in [5, 5.41) is 10.2. The molecule has 7 heteroatoms. The van der Waals surface area contributed by atoms with Crippen molar-refractivity contribution in [3.8, 4) is 0 Å². The minimum atomic E-state index is -3.73. The topological polar surface area (TPSA) is 83.5 Å². The van der Waals surface area contributed by atoms with E-state index in [-0.39, 0.29) is 9.77 Å². The van der Waals surface area contributed by atoms with Gasteiger partial charge in [-0.1, -0.05) is 24.3 Å². The van der Waals surface area contributed by atoms with E-state index in [0.29, 0.717) is 0 Å². The van der Waals surface area contributed by atoms with Crippen LogP contribution in [0.2, 0.25) is 0 Å². The number of carboxylic acids is 1. The number of carbonyl (C=O) groups is 1. The van der Waals surface area contributed by atoms with Gasteiger partial charge < -0.3 is 5.11 Å². The molecule has 0 fully saturated rings. The van der Waals surface area contributed by atoms with Crippen LogP contribution in [0.3, 0.4) is 0 Å². The van der Waals surface area contributed by atoms with Gasteiger partial charge in [-0.05, 0) is 31.0 Å². The molecule has 2 N–H and O–H groups in total. The number of sulfonamides is 1. The maximum atomic E-state index is 12.3. The quantitative estimate of drug-likeness (QED) is 0.885. The number of thiophene rings is 1. The molecule has 21 heavy (non-hydrogen) atoms. The molecular weight excluding hydrogens is 310 g/mol. The molecule has 0 aliphatic rings. The minimum Gasteiger partial charge on any atom is -0.478 e. The van der Waals surface area contributed by atoms with Crippen molar-refractivity contribution < 1.29 is 18.3 Å². The van der Waals surface area contributed by atoms with Crippen LogP contribution in [0.25, 0.3) is 0 Å². The standard InChI is InChI=1S/C14H15NO4S2/c1-9-5-3-4-6-12(9)10(2)15-21(18,19)13-7-11(8-20-13)14(16)17/h3-8,10,15H,1-2H3,(H,16,17)/t10-/m0/s1. The molecule has 1 aromatic carbocycles. The molecule has 0 amide bonds. The summed E-state index contributed by atoms with van der Waals surface area (Å²) in [4.78, 5) is 10.8. The highest BCUT2D eigenvalue weighted by atomic mass is 32.2. The van der Waals surface area contributed by atoms with Crippen LogP contribution in [-0.4, -0.2) is 19.5 Å². The van der Waals surface area contributed by atoms with Gasteiger partial charge in [0.15, 0.2) is 0 Å². The summed E-state index contributed by atoms with van der Waals surface area (Å²) >= 11 is 0.895. The summed E-state index contributed by atoms with van der Waals surface area (Å²) < 4.78 is 27.1. The maximum Gasteiger partial charge on any atom is 0.336 e. The number of hydrogen-bond donors (Lipinski definition) is 2. The van der Waals surface area contributed by atoms with E-state index < -0.39 is 22.0 Å². The number of aryl methyl sites for hydroxylation is 1. The first-order valence-electron chi connectivity index (χ1n) is 6.21. The second-order valence-electron chi connectivity index (χ2n) is 4.66. The summed E-state index contributed by atoms with van der Waals surface area (Å²) in [5.41, 5.74) is 1.85. The average Bonchev–Trinajstić information content (AvgIpc) is 2.89. The predicted octanol–water partition coefficient (Wildman–Crippen LogP) is 2.79. The Balaban J connectivity index is 2.24. The van der Waals surface area contributed by atoms with Crippen molar-refractivity contribution in [2.24, 2.45) is 0 Å². The SMILES string of the molecule is Cc1ccccc1[C@H](C)NS(=O)(=O)c1cc(C(=O)O)cs1. The van der Waals surface area contributed by atoms with E-state index in [1.54, 1.807) is 6.92 Å². The van der Waals surface area contributed by atoms with Crippen molar-refractivity contribution in [1.29, 1.82) is 0 Å². The van der Waals surface area contributed by atoms with Gasteiger partial charge in [0.25, 0.3) is 10.0 Å². The van der Waals surface area contributed by atoms with Gasteiger partial charge in [0.05, 0.1) is 5.56 Å². The van der Waals surface area contributed by atoms with Gasteiger partial charge in [0.1, 0.15) is 4.21 Å². The molecule has 1 aromatic heterocycles. The lowest BCUT2D eigenvalue weighted by molar-refractivity contribution is 0.0697. The molecule has 0 saturated carbocycles. The smallest absolute Gasteiger partial charge is 0.336 e. The van der Waals surface area contributed by atoms with Gasteiger partial charge in [-0.25, -0.2) is 17.9 Å². The minimum absolute atomic E-state index is 0.000309. The maximum absolute atomic E-state index is 12.3. The lowest BCUT2D eigenvalue weighted by Gasteiger charge is -2.15. The fourth-order valence-corrected chi connectivity index (χ4v) is 4.39. The summed E-state index contributed by atoms with van der Waals surface area (Å²) in [6.07, 6.45) is 0. The molecule has 0 radical (unpaired) electrons. The van der Waals surface area contributed by atoms with E-state index in [4.69, 9.17) is 5.11 Å². The van der Waals surface area contributed by atoms with E-state index in [2.05, 4.69) is 4.72 Å². The van der Waals surface area contributed by atoms with Crippen LogP contribution in [0.1, 0.15) is 34.5 Å². The van der Waals surface area contributed by atoms with Gasteiger partial charge in [0, 0.05) is 11.4 Å². The Morgan fingerprint density at radius 3 is 2.57 bits per heavy atom. The summed E-state index contributed by atoms with van der Waals surface area (Å²) in [7, 11) is -3.73. The molecule has 2 rings (SSSR count). The van der Waals surface area contributed by atoms with Gasteiger partial charge in [-0.2, -0.15) is 0 Å². The van der Waals surface area contributed by atoms with Gasteiger partial charge in [0.2, 0.25) is 0 Å². The number of carboxylic acid groups (broad SMARTS) is 1. The molecule has 112 valence electrons. The molecule has 0 saturated heterocycles. The Morgan fingerprint density at radius 1 is 1.33 bits per heavy atom. The highest BCUT2D eigenvalue weighted by Gasteiger charge is 2.22. The second kappa shape index (κ2) is 5.97. The largest absolute Gasteiger partial charge is 0.478 e. The zero-order chi connectivity index (χ0) is 15.6. The highest BCUT2D eigenvalue weighted by Crippen LogP contribution is 2.24. The average molecular weight is 325 g/mol. The third-order valence-corrected chi connectivity index (χ3v) is 6.05. The van der Waals surface area contributed by atoms with Crippen LogP contribution in [0.15, 0.2) is 39.9 Å². The van der Waals surface area contributed by atoms with E-state index in [1.807, 2.05) is 31.2 Å². The molecule has 5 nitrogen and oxygen atoms in total.